The number of methoxy groups -OCH3 is 1. The molecule has 0 aliphatic carbocycles. The summed E-state index contributed by atoms with van der Waals surface area (Å²) in [7, 11) is 1.34. The van der Waals surface area contributed by atoms with Gasteiger partial charge in [0.25, 0.3) is 0 Å². The lowest BCUT2D eigenvalue weighted by atomic mass is 10.2. The standard InChI is InChI=1S/C17H14ClN5O2/c1-25-16(24)11-4-2-6-13(8-11)20-15-10-19-23-17(22-15)21-14-7-3-5-12(18)9-14/h2-10H,1H3,(H2,20,21,22,23). The summed E-state index contributed by atoms with van der Waals surface area (Å²) in [5, 5.41) is 14.5. The monoisotopic (exact) mass is 355 g/mol. The molecule has 0 bridgehead atoms. The minimum absolute atomic E-state index is 0.316. The molecule has 3 rings (SSSR count). The molecule has 0 saturated carbocycles. The van der Waals surface area contributed by atoms with Crippen molar-refractivity contribution >= 4 is 40.7 Å². The molecule has 0 saturated heterocycles. The summed E-state index contributed by atoms with van der Waals surface area (Å²) in [6.07, 6.45) is 1.48. The first-order chi connectivity index (χ1) is 12.1. The lowest BCUT2D eigenvalue weighted by Gasteiger charge is -2.08. The third kappa shape index (κ3) is 4.42. The summed E-state index contributed by atoms with van der Waals surface area (Å²) in [5.41, 5.74) is 1.86. The molecule has 0 aliphatic heterocycles. The topological polar surface area (TPSA) is 89.0 Å². The molecule has 0 aliphatic rings. The van der Waals surface area contributed by atoms with Gasteiger partial charge in [0, 0.05) is 16.4 Å². The van der Waals surface area contributed by atoms with Gasteiger partial charge in [-0.25, -0.2) is 4.79 Å². The predicted octanol–water partition coefficient (Wildman–Crippen LogP) is 3.80. The van der Waals surface area contributed by atoms with Gasteiger partial charge in [0.05, 0.1) is 18.9 Å². The molecule has 0 spiro atoms. The van der Waals surface area contributed by atoms with Crippen molar-refractivity contribution in [2.75, 3.05) is 17.7 Å². The van der Waals surface area contributed by atoms with Gasteiger partial charge in [-0.05, 0) is 36.4 Å². The van der Waals surface area contributed by atoms with Crippen molar-refractivity contribution < 1.29 is 9.53 Å². The predicted molar refractivity (Wildman–Crippen MR) is 95.6 cm³/mol. The van der Waals surface area contributed by atoms with E-state index in [1.807, 2.05) is 12.1 Å². The van der Waals surface area contributed by atoms with Crippen LogP contribution in [-0.2, 0) is 4.74 Å². The molecule has 25 heavy (non-hydrogen) atoms. The second-order valence-corrected chi connectivity index (χ2v) is 5.43. The maximum Gasteiger partial charge on any atom is 0.337 e. The van der Waals surface area contributed by atoms with E-state index in [2.05, 4.69) is 25.8 Å². The SMILES string of the molecule is COC(=O)c1cccc(Nc2cnnc(Nc3cccc(Cl)c3)n2)c1. The Morgan fingerprint density at radius 1 is 1.08 bits per heavy atom. The zero-order valence-electron chi connectivity index (χ0n) is 13.2. The van der Waals surface area contributed by atoms with Gasteiger partial charge in [-0.1, -0.05) is 23.7 Å². The normalized spacial score (nSPS) is 10.2. The van der Waals surface area contributed by atoms with Crippen LogP contribution in [0.1, 0.15) is 10.4 Å². The highest BCUT2D eigenvalue weighted by Crippen LogP contribution is 2.20. The van der Waals surface area contributed by atoms with Crippen molar-refractivity contribution in [2.45, 2.75) is 0 Å². The summed E-state index contributed by atoms with van der Waals surface area (Å²) in [5.74, 6) is 0.380. The summed E-state index contributed by atoms with van der Waals surface area (Å²) >= 11 is 5.96. The number of carbonyl (C=O) groups is 1. The number of hydrogen-bond acceptors (Lipinski definition) is 7. The molecule has 8 heteroatoms. The zero-order chi connectivity index (χ0) is 17.6. The molecular formula is C17H14ClN5O2. The Balaban J connectivity index is 1.77. The Hall–Kier alpha value is -3.19. The van der Waals surface area contributed by atoms with E-state index in [0.717, 1.165) is 5.69 Å². The van der Waals surface area contributed by atoms with Crippen molar-refractivity contribution in [2.24, 2.45) is 0 Å². The van der Waals surface area contributed by atoms with Crippen molar-refractivity contribution in [3.05, 3.63) is 65.3 Å². The van der Waals surface area contributed by atoms with Gasteiger partial charge < -0.3 is 15.4 Å². The molecule has 126 valence electrons. The average molecular weight is 356 g/mol. The molecule has 0 amide bonds. The summed E-state index contributed by atoms with van der Waals surface area (Å²) in [4.78, 5) is 15.9. The number of hydrogen-bond donors (Lipinski definition) is 2. The number of aromatic nitrogens is 3. The first-order valence-electron chi connectivity index (χ1n) is 7.32. The number of esters is 1. The Morgan fingerprint density at radius 3 is 2.60 bits per heavy atom. The number of rotatable bonds is 5. The van der Waals surface area contributed by atoms with Crippen LogP contribution in [0.5, 0.6) is 0 Å². The molecule has 0 unspecified atom stereocenters. The number of ether oxygens (including phenoxy) is 1. The fourth-order valence-corrected chi connectivity index (χ4v) is 2.29. The summed E-state index contributed by atoms with van der Waals surface area (Å²) in [6, 6.07) is 14.1. The minimum Gasteiger partial charge on any atom is -0.465 e. The molecule has 1 heterocycles. The van der Waals surface area contributed by atoms with Crippen LogP contribution in [0.2, 0.25) is 5.02 Å². The number of benzene rings is 2. The first-order valence-corrected chi connectivity index (χ1v) is 7.69. The highest BCUT2D eigenvalue weighted by molar-refractivity contribution is 6.30. The fraction of sp³-hybridized carbons (Fsp3) is 0.0588. The summed E-state index contributed by atoms with van der Waals surface area (Å²) < 4.78 is 4.71. The van der Waals surface area contributed by atoms with E-state index >= 15 is 0 Å². The van der Waals surface area contributed by atoms with Crippen LogP contribution in [-0.4, -0.2) is 28.3 Å². The van der Waals surface area contributed by atoms with Crippen LogP contribution in [0.15, 0.2) is 54.7 Å². The molecule has 2 aromatic carbocycles. The van der Waals surface area contributed by atoms with Crippen LogP contribution >= 0.6 is 11.6 Å². The molecule has 0 fully saturated rings. The van der Waals surface area contributed by atoms with Crippen molar-refractivity contribution in [1.29, 1.82) is 0 Å². The summed E-state index contributed by atoms with van der Waals surface area (Å²) in [6.45, 7) is 0. The second-order valence-electron chi connectivity index (χ2n) is 5.00. The van der Waals surface area contributed by atoms with Crippen LogP contribution in [0.25, 0.3) is 0 Å². The number of anilines is 4. The lowest BCUT2D eigenvalue weighted by molar-refractivity contribution is 0.0601. The average Bonchev–Trinajstić information content (AvgIpc) is 2.61. The van der Waals surface area contributed by atoms with E-state index < -0.39 is 5.97 Å². The third-order valence-corrected chi connectivity index (χ3v) is 3.43. The number of nitrogens with one attached hydrogen (secondary N) is 2. The van der Waals surface area contributed by atoms with Crippen LogP contribution in [0.3, 0.4) is 0 Å². The Kier molecular flexibility index (Phi) is 5.06. The lowest BCUT2D eigenvalue weighted by Crippen LogP contribution is -2.04. The van der Waals surface area contributed by atoms with Gasteiger partial charge in [0.2, 0.25) is 5.95 Å². The largest absolute Gasteiger partial charge is 0.465 e. The third-order valence-electron chi connectivity index (χ3n) is 3.20. The van der Waals surface area contributed by atoms with Crippen molar-refractivity contribution in [3.63, 3.8) is 0 Å². The molecule has 1 aromatic heterocycles. The van der Waals surface area contributed by atoms with E-state index in [-0.39, 0.29) is 0 Å². The highest BCUT2D eigenvalue weighted by atomic mass is 35.5. The number of carbonyl (C=O) groups excluding carboxylic acids is 1. The second kappa shape index (κ2) is 7.59. The Morgan fingerprint density at radius 2 is 1.84 bits per heavy atom. The van der Waals surface area contributed by atoms with Gasteiger partial charge >= 0.3 is 5.97 Å². The fourth-order valence-electron chi connectivity index (χ4n) is 2.10. The van der Waals surface area contributed by atoms with Gasteiger partial charge in [-0.15, -0.1) is 5.10 Å². The molecular weight excluding hydrogens is 342 g/mol. The quantitative estimate of drug-likeness (QED) is 0.673. The molecule has 2 N–H and O–H groups in total. The number of nitrogens with zero attached hydrogens (tertiary/aromatic N) is 3. The smallest absolute Gasteiger partial charge is 0.337 e. The van der Waals surface area contributed by atoms with E-state index in [1.165, 1.54) is 13.3 Å². The molecule has 3 aromatic rings. The molecule has 0 atom stereocenters. The van der Waals surface area contributed by atoms with Gasteiger partial charge in [0.1, 0.15) is 0 Å². The van der Waals surface area contributed by atoms with Crippen LogP contribution in [0, 0.1) is 0 Å². The van der Waals surface area contributed by atoms with E-state index in [0.29, 0.717) is 28.0 Å². The van der Waals surface area contributed by atoms with Gasteiger partial charge in [0.15, 0.2) is 5.82 Å². The Bertz CT molecular complexity index is 903. The van der Waals surface area contributed by atoms with Crippen LogP contribution in [0.4, 0.5) is 23.1 Å². The van der Waals surface area contributed by atoms with Crippen molar-refractivity contribution in [1.82, 2.24) is 15.2 Å². The molecule has 0 radical (unpaired) electrons. The zero-order valence-corrected chi connectivity index (χ0v) is 14.0. The van der Waals surface area contributed by atoms with Crippen LogP contribution < -0.4 is 10.6 Å². The van der Waals surface area contributed by atoms with E-state index in [4.69, 9.17) is 16.3 Å². The van der Waals surface area contributed by atoms with Gasteiger partial charge in [-0.3, -0.25) is 0 Å². The Labute approximate surface area is 149 Å². The maximum absolute atomic E-state index is 11.6. The first kappa shape index (κ1) is 16.7. The van der Waals surface area contributed by atoms with Gasteiger partial charge in [-0.2, -0.15) is 10.1 Å². The number of halogens is 1. The molecule has 7 nitrogen and oxygen atoms in total. The van der Waals surface area contributed by atoms with Crippen molar-refractivity contribution in [3.8, 4) is 0 Å². The van der Waals surface area contributed by atoms with E-state index in [9.17, 15) is 4.79 Å². The van der Waals surface area contributed by atoms with E-state index in [1.54, 1.807) is 36.4 Å². The minimum atomic E-state index is -0.409. The maximum atomic E-state index is 11.6. The highest BCUT2D eigenvalue weighted by Gasteiger charge is 2.07.